The molecule has 546 valence electrons. The number of ketones is 1. The lowest BCUT2D eigenvalue weighted by Gasteiger charge is -2.35. The van der Waals surface area contributed by atoms with Crippen molar-refractivity contribution in [1.82, 2.24) is 14.1 Å². The van der Waals surface area contributed by atoms with E-state index in [2.05, 4.69) is 17.6 Å². The van der Waals surface area contributed by atoms with E-state index in [-0.39, 0.29) is 43.2 Å². The first-order valence-corrected chi connectivity index (χ1v) is 35.5. The monoisotopic (exact) mass is 1470 g/mol. The average molecular weight is 1470 g/mol. The van der Waals surface area contributed by atoms with Crippen molar-refractivity contribution in [3.63, 3.8) is 0 Å². The number of methoxy groups -OCH3 is 2. The minimum Gasteiger partial charge on any atom is -0.497 e. The number of aryl methyl sites for hydroxylation is 1. The van der Waals surface area contributed by atoms with E-state index in [1.807, 2.05) is 106 Å². The molecule has 0 saturated carbocycles. The molecule has 1 aliphatic heterocycles. The van der Waals surface area contributed by atoms with Crippen LogP contribution in [0.5, 0.6) is 11.5 Å². The van der Waals surface area contributed by atoms with Gasteiger partial charge in [-0.3, -0.25) is 42.3 Å². The maximum Gasteiger partial charge on any atom is 0.310 e. The number of hydrogen-bond donors (Lipinski definition) is 6. The van der Waals surface area contributed by atoms with E-state index in [0.717, 1.165) is 83.4 Å². The highest BCUT2D eigenvalue weighted by Crippen LogP contribution is 2.45. The number of aromatic amines is 1. The van der Waals surface area contributed by atoms with Crippen LogP contribution >= 0.6 is 11.6 Å². The van der Waals surface area contributed by atoms with Crippen LogP contribution in [0.25, 0.3) is 55.9 Å². The highest BCUT2D eigenvalue weighted by Gasteiger charge is 2.41. The molecule has 0 amide bonds. The molecule has 11 aromatic rings. The second kappa shape index (κ2) is 34.7. The second-order valence-corrected chi connectivity index (χ2v) is 27.1. The number of aliphatic carboxylic acids is 5. The smallest absolute Gasteiger partial charge is 0.310 e. The van der Waals surface area contributed by atoms with Gasteiger partial charge in [-0.2, -0.15) is 0 Å². The van der Waals surface area contributed by atoms with Crippen LogP contribution in [0.15, 0.2) is 199 Å². The summed E-state index contributed by atoms with van der Waals surface area (Å²) in [7, 11) is 3.83. The van der Waals surface area contributed by atoms with E-state index < -0.39 is 52.2 Å². The number of carboxylic acid groups (broad SMARTS) is 5. The number of carbonyl (C=O) groups is 7. The number of carboxylic acids is 5. The van der Waals surface area contributed by atoms with E-state index >= 15 is 0 Å². The molecule has 19 nitrogen and oxygen atoms in total. The number of nitrogens with zero attached hydrogens (tertiary/aromatic N) is 2. The molecule has 106 heavy (non-hydrogen) atoms. The molecule has 0 saturated heterocycles. The Morgan fingerprint density at radius 2 is 1.36 bits per heavy atom. The number of nitrogens with one attached hydrogen (secondary N) is 1. The van der Waals surface area contributed by atoms with E-state index in [1.54, 1.807) is 123 Å². The Labute approximate surface area is 618 Å². The zero-order valence-electron chi connectivity index (χ0n) is 59.5. The summed E-state index contributed by atoms with van der Waals surface area (Å²) < 4.78 is 44.5. The van der Waals surface area contributed by atoms with E-state index in [4.69, 9.17) is 46.2 Å². The van der Waals surface area contributed by atoms with Gasteiger partial charge in [-0.15, -0.1) is 0 Å². The van der Waals surface area contributed by atoms with Gasteiger partial charge in [-0.05, 0) is 197 Å². The lowest BCUT2D eigenvalue weighted by atomic mass is 9.86. The van der Waals surface area contributed by atoms with Crippen LogP contribution in [0.3, 0.4) is 0 Å². The normalized spacial score (nSPS) is 14.3. The molecule has 13 rings (SSSR count). The number of allylic oxidation sites excluding steroid dienone is 2. The summed E-state index contributed by atoms with van der Waals surface area (Å²) in [5.41, 5.74) is 13.4. The van der Waals surface area contributed by atoms with Gasteiger partial charge in [0, 0.05) is 67.8 Å². The first kappa shape index (κ1) is 78.4. The molecule has 3 atom stereocenters. The highest BCUT2D eigenvalue weighted by molar-refractivity contribution is 7.84. The number of H-pyrrole nitrogens is 1. The number of fused-ring (bicyclic) bond motifs is 6. The van der Waals surface area contributed by atoms with Gasteiger partial charge in [0.05, 0.1) is 74.8 Å². The number of ether oxygens (including phenoxy) is 3. The molecule has 3 aromatic heterocycles. The Kier molecular flexibility index (Phi) is 25.6. The molecule has 1 aliphatic carbocycles. The van der Waals surface area contributed by atoms with Crippen molar-refractivity contribution in [2.75, 3.05) is 27.1 Å². The molecule has 0 bridgehead atoms. The molecule has 0 radical (unpaired) electrons. The SMILES string of the molecule is C=Cc1cccc2c3c([nH]c12)C(CC)(CC(=O)O)OCC3.CC1=C(CC(=O)O)c2cc(F)ccc2/C1=C\c1ccc(S(C)=O)cc1.COc1ccc2c(c1)c(CC(=O)O)cn2C(=O)c1ccc(Cl)cc1.COc1ccc2cc(C(C)C(=O)O)ccc2c1.Cc1ccc(C(=O)c2ccc(CC(=O)O)n2C)cc1. The summed E-state index contributed by atoms with van der Waals surface area (Å²) in [5.74, 6) is -4.27. The Hall–Kier alpha value is -11.8. The van der Waals surface area contributed by atoms with Gasteiger partial charge in [0.2, 0.25) is 5.78 Å². The van der Waals surface area contributed by atoms with Crippen LogP contribution in [0.1, 0.15) is 128 Å². The fourth-order valence-electron chi connectivity index (χ4n) is 12.7. The summed E-state index contributed by atoms with van der Waals surface area (Å²) in [6.45, 7) is 11.9. The summed E-state index contributed by atoms with van der Waals surface area (Å²) in [5, 5.41) is 49.7. The third kappa shape index (κ3) is 18.4. The number of para-hydroxylation sites is 1. The lowest BCUT2D eigenvalue weighted by Crippen LogP contribution is -2.37. The van der Waals surface area contributed by atoms with Crippen molar-refractivity contribution < 1.29 is 81.9 Å². The van der Waals surface area contributed by atoms with Crippen molar-refractivity contribution in [2.45, 2.75) is 82.6 Å². The van der Waals surface area contributed by atoms with Crippen LogP contribution < -0.4 is 9.47 Å². The maximum atomic E-state index is 13.7. The predicted octanol–water partition coefficient (Wildman–Crippen LogP) is 16.7. The number of hydrogen-bond acceptors (Lipinski definition) is 11. The standard InChI is InChI=1S/C20H17FO3S.C18H14ClNO4.C17H19NO3.C15H15NO3.C14H14O3/c1-12-17(9-13-3-6-15(7-4-13)25(2)24)16-8-5-14(21)10-19(16)18(12)11-20(22)23;1-24-14-6-7-16-15(9-14)12(8-17(21)22)10-20(16)18(23)11-2-4-13(19)5-3-11;1-3-11-6-5-7-12-13-8-9-21-17(4-2,10-14(19)20)16(13)18-15(11)12;1-10-3-5-11(6-4-10)15(19)13-8-7-12(16(13)2)9-14(17)18;1-9(14(15)16)10-3-4-12-8-13(17-2)6-5-11(12)7-10/h3-10H,11H2,1-2H3,(H,22,23);2-7,9-10H,8H2,1H3,(H,21,22);3,5-7,18H,1,4,8-10H2,2H3,(H,19,20);3-8H,9H2,1-2H3,(H,17,18);3-9H,1-2H3,(H,15,16)/b17-9-;;;;. The highest BCUT2D eigenvalue weighted by atomic mass is 35.5. The van der Waals surface area contributed by atoms with Gasteiger partial charge in [0.15, 0.2) is 0 Å². The zero-order chi connectivity index (χ0) is 76.8. The third-order valence-corrected chi connectivity index (χ3v) is 19.7. The Morgan fingerprint density at radius 3 is 1.98 bits per heavy atom. The number of aromatic nitrogens is 3. The molecule has 2 aliphatic rings. The van der Waals surface area contributed by atoms with Gasteiger partial charge in [-0.1, -0.05) is 122 Å². The van der Waals surface area contributed by atoms with Gasteiger partial charge in [0.1, 0.15) is 22.9 Å². The third-order valence-electron chi connectivity index (χ3n) is 18.5. The number of benzene rings is 8. The van der Waals surface area contributed by atoms with Crippen LogP contribution in [-0.4, -0.2) is 112 Å². The van der Waals surface area contributed by atoms with E-state index in [0.29, 0.717) is 73.9 Å². The maximum absolute atomic E-state index is 13.7. The van der Waals surface area contributed by atoms with Crippen molar-refractivity contribution in [1.29, 1.82) is 0 Å². The molecule has 0 fully saturated rings. The molecule has 6 N–H and O–H groups in total. The number of carbonyl (C=O) groups excluding carboxylic acids is 2. The Morgan fingerprint density at radius 1 is 0.717 bits per heavy atom. The van der Waals surface area contributed by atoms with Crippen LogP contribution in [0, 0.1) is 12.7 Å². The van der Waals surface area contributed by atoms with Crippen molar-refractivity contribution in [2.24, 2.45) is 7.05 Å². The number of rotatable bonds is 19. The minimum atomic E-state index is -1.04. The first-order valence-electron chi connectivity index (χ1n) is 33.6. The quantitative estimate of drug-likeness (QED) is 0.0410. The van der Waals surface area contributed by atoms with Gasteiger partial charge >= 0.3 is 29.8 Å². The zero-order valence-corrected chi connectivity index (χ0v) is 61.1. The summed E-state index contributed by atoms with van der Waals surface area (Å²) in [6.07, 6.45) is 7.96. The number of halogens is 2. The van der Waals surface area contributed by atoms with E-state index in [9.17, 15) is 47.3 Å². The molecular formula is C84H79ClFN3O16S. The minimum absolute atomic E-state index is 0.0211. The summed E-state index contributed by atoms with van der Waals surface area (Å²) in [4.78, 5) is 84.4. The lowest BCUT2D eigenvalue weighted by molar-refractivity contribution is -0.149. The fraction of sp³-hybridized carbons (Fsp3) is 0.202. The van der Waals surface area contributed by atoms with Crippen LogP contribution in [-0.2, 0) is 71.4 Å². The Bertz CT molecular complexity index is 5280. The molecule has 3 unspecified atom stereocenters. The second-order valence-electron chi connectivity index (χ2n) is 25.3. The summed E-state index contributed by atoms with van der Waals surface area (Å²) in [6, 6.07) is 51.8. The molecule has 8 aromatic carbocycles. The van der Waals surface area contributed by atoms with Gasteiger partial charge in [-0.25, -0.2) is 4.39 Å². The fourth-order valence-corrected chi connectivity index (χ4v) is 13.4. The van der Waals surface area contributed by atoms with Crippen molar-refractivity contribution >= 4 is 120 Å². The molecule has 0 spiro atoms. The van der Waals surface area contributed by atoms with Crippen LogP contribution in [0.4, 0.5) is 4.39 Å². The molecule has 4 heterocycles. The largest absolute Gasteiger partial charge is 0.497 e. The van der Waals surface area contributed by atoms with Crippen molar-refractivity contribution in [3.05, 3.63) is 278 Å². The van der Waals surface area contributed by atoms with Crippen LogP contribution in [0.2, 0.25) is 5.02 Å². The average Bonchev–Trinajstić information content (AvgIpc) is 1.57. The van der Waals surface area contributed by atoms with E-state index in [1.165, 1.54) is 29.4 Å². The van der Waals surface area contributed by atoms with Crippen molar-refractivity contribution in [3.8, 4) is 11.5 Å². The molecule has 22 heteroatoms. The molecular weight excluding hydrogens is 1390 g/mol. The topological polar surface area (TPSA) is 291 Å². The summed E-state index contributed by atoms with van der Waals surface area (Å²) >= 11 is 5.85. The predicted molar refractivity (Wildman–Crippen MR) is 409 cm³/mol. The van der Waals surface area contributed by atoms with Gasteiger partial charge < -0.3 is 49.3 Å². The Balaban J connectivity index is 0.000000154. The first-order chi connectivity index (χ1) is 50.6. The van der Waals surface area contributed by atoms with Gasteiger partial charge in [0.25, 0.3) is 5.91 Å².